The molecule has 19 heavy (non-hydrogen) atoms. The molecule has 1 saturated heterocycles. The number of aromatic nitrogens is 2. The van der Waals surface area contributed by atoms with Crippen molar-refractivity contribution in [3.63, 3.8) is 0 Å². The van der Waals surface area contributed by atoms with E-state index in [0.29, 0.717) is 32.6 Å². The summed E-state index contributed by atoms with van der Waals surface area (Å²) < 4.78 is 5.29. The highest BCUT2D eigenvalue weighted by Gasteiger charge is 2.31. The van der Waals surface area contributed by atoms with Crippen LogP contribution >= 0.6 is 0 Å². The van der Waals surface area contributed by atoms with Crippen LogP contribution in [-0.2, 0) is 4.74 Å². The second kappa shape index (κ2) is 6.16. The molecule has 6 nitrogen and oxygen atoms in total. The summed E-state index contributed by atoms with van der Waals surface area (Å²) >= 11 is 0. The van der Waals surface area contributed by atoms with Crippen molar-refractivity contribution in [3.8, 4) is 0 Å². The first-order chi connectivity index (χ1) is 9.13. The molecular weight excluding hydrogens is 244 g/mol. The maximum absolute atomic E-state index is 10.5. The summed E-state index contributed by atoms with van der Waals surface area (Å²) in [5.41, 5.74) is -0.692. The minimum absolute atomic E-state index is 0.542. The lowest BCUT2D eigenvalue weighted by molar-refractivity contribution is -0.0573. The zero-order valence-electron chi connectivity index (χ0n) is 11.6. The summed E-state index contributed by atoms with van der Waals surface area (Å²) in [6.07, 6.45) is 4.74. The van der Waals surface area contributed by atoms with E-state index in [0.717, 1.165) is 18.2 Å². The lowest BCUT2D eigenvalue weighted by Gasteiger charge is -2.35. The van der Waals surface area contributed by atoms with Crippen molar-refractivity contribution in [2.45, 2.75) is 25.4 Å². The molecule has 1 aliphatic heterocycles. The fourth-order valence-corrected chi connectivity index (χ4v) is 2.24. The van der Waals surface area contributed by atoms with Crippen LogP contribution in [0.1, 0.15) is 19.8 Å². The summed E-state index contributed by atoms with van der Waals surface area (Å²) in [6.45, 7) is 4.60. The van der Waals surface area contributed by atoms with E-state index in [1.54, 1.807) is 12.4 Å². The van der Waals surface area contributed by atoms with Gasteiger partial charge in [0.15, 0.2) is 0 Å². The van der Waals surface area contributed by atoms with Gasteiger partial charge in [-0.2, -0.15) is 0 Å². The highest BCUT2D eigenvalue weighted by molar-refractivity contribution is 5.43. The molecule has 1 aliphatic rings. The normalized spacial score (nSPS) is 18.1. The van der Waals surface area contributed by atoms with Crippen molar-refractivity contribution in [1.29, 1.82) is 0 Å². The molecule has 0 bridgehead atoms. The Kier molecular flexibility index (Phi) is 4.55. The number of anilines is 2. The maximum Gasteiger partial charge on any atom is 0.149 e. The van der Waals surface area contributed by atoms with Gasteiger partial charge in [0.1, 0.15) is 11.6 Å². The lowest BCUT2D eigenvalue weighted by atomic mass is 9.94. The van der Waals surface area contributed by atoms with Crippen LogP contribution in [0.3, 0.4) is 0 Å². The van der Waals surface area contributed by atoms with Gasteiger partial charge in [0.2, 0.25) is 0 Å². The Labute approximate surface area is 113 Å². The molecule has 2 rings (SSSR count). The lowest BCUT2D eigenvalue weighted by Crippen LogP contribution is -2.46. The summed E-state index contributed by atoms with van der Waals surface area (Å²) in [4.78, 5) is 10.6. The van der Waals surface area contributed by atoms with Gasteiger partial charge in [0.25, 0.3) is 0 Å². The molecular formula is C13H22N4O2. The maximum atomic E-state index is 10.5. The quantitative estimate of drug-likeness (QED) is 0.824. The minimum atomic E-state index is -0.692. The van der Waals surface area contributed by atoms with Gasteiger partial charge in [-0.3, -0.25) is 4.98 Å². The zero-order chi connectivity index (χ0) is 13.7. The highest BCUT2D eigenvalue weighted by atomic mass is 16.5. The summed E-state index contributed by atoms with van der Waals surface area (Å²) in [6, 6.07) is 0. The van der Waals surface area contributed by atoms with Gasteiger partial charge in [-0.25, -0.2) is 4.98 Å². The van der Waals surface area contributed by atoms with E-state index < -0.39 is 5.60 Å². The largest absolute Gasteiger partial charge is 0.388 e. The van der Waals surface area contributed by atoms with Gasteiger partial charge in [-0.15, -0.1) is 0 Å². The van der Waals surface area contributed by atoms with Crippen LogP contribution in [0.5, 0.6) is 0 Å². The third-order valence-electron chi connectivity index (χ3n) is 3.33. The third kappa shape index (κ3) is 3.78. The number of aliphatic hydroxyl groups is 1. The molecule has 2 N–H and O–H groups in total. The summed E-state index contributed by atoms with van der Waals surface area (Å²) in [7, 11) is 1.92. The first kappa shape index (κ1) is 14.0. The van der Waals surface area contributed by atoms with Gasteiger partial charge in [-0.1, -0.05) is 0 Å². The number of ether oxygens (including phenoxy) is 1. The summed E-state index contributed by atoms with van der Waals surface area (Å²) in [5.74, 6) is 1.52. The molecule has 0 radical (unpaired) electrons. The third-order valence-corrected chi connectivity index (χ3v) is 3.33. The van der Waals surface area contributed by atoms with Crippen LogP contribution in [-0.4, -0.2) is 54.0 Å². The molecule has 0 aromatic carbocycles. The standard InChI is InChI=1S/C13H22N4O2/c1-3-15-11-8-14-9-12(16-11)17(2)10-13(18)4-6-19-7-5-13/h8-9,18H,3-7,10H2,1-2H3,(H,15,16). The summed E-state index contributed by atoms with van der Waals surface area (Å²) in [5, 5.41) is 13.6. The van der Waals surface area contributed by atoms with E-state index in [1.807, 2.05) is 18.9 Å². The molecule has 0 spiro atoms. The molecule has 1 fully saturated rings. The topological polar surface area (TPSA) is 70.5 Å². The van der Waals surface area contributed by atoms with Gasteiger partial charge in [0.05, 0.1) is 18.0 Å². The molecule has 1 aromatic heterocycles. The SMILES string of the molecule is CCNc1cncc(N(C)CC2(O)CCOCC2)n1. The van der Waals surface area contributed by atoms with Crippen LogP contribution in [0.2, 0.25) is 0 Å². The number of nitrogens with one attached hydrogen (secondary N) is 1. The van der Waals surface area contributed by atoms with Crippen LogP contribution in [0, 0.1) is 0 Å². The highest BCUT2D eigenvalue weighted by Crippen LogP contribution is 2.23. The van der Waals surface area contributed by atoms with E-state index >= 15 is 0 Å². The van der Waals surface area contributed by atoms with Crippen LogP contribution in [0.25, 0.3) is 0 Å². The molecule has 2 heterocycles. The van der Waals surface area contributed by atoms with Gasteiger partial charge < -0.3 is 20.1 Å². The second-order valence-corrected chi connectivity index (χ2v) is 4.99. The van der Waals surface area contributed by atoms with Crippen molar-refractivity contribution >= 4 is 11.6 Å². The zero-order valence-corrected chi connectivity index (χ0v) is 11.6. The Balaban J connectivity index is 2.02. The van der Waals surface area contributed by atoms with Crippen molar-refractivity contribution in [3.05, 3.63) is 12.4 Å². The van der Waals surface area contributed by atoms with Crippen molar-refractivity contribution in [2.75, 3.05) is 43.6 Å². The fourth-order valence-electron chi connectivity index (χ4n) is 2.24. The molecule has 0 atom stereocenters. The van der Waals surface area contributed by atoms with E-state index in [1.165, 1.54) is 0 Å². The van der Waals surface area contributed by atoms with Crippen molar-refractivity contribution in [2.24, 2.45) is 0 Å². The van der Waals surface area contributed by atoms with E-state index in [9.17, 15) is 5.11 Å². The first-order valence-electron chi connectivity index (χ1n) is 6.70. The number of likely N-dealkylation sites (N-methyl/N-ethyl adjacent to an activating group) is 1. The molecule has 6 heteroatoms. The average molecular weight is 266 g/mol. The Morgan fingerprint density at radius 3 is 2.84 bits per heavy atom. The monoisotopic (exact) mass is 266 g/mol. The van der Waals surface area contributed by atoms with Gasteiger partial charge in [-0.05, 0) is 6.92 Å². The average Bonchev–Trinajstić information content (AvgIpc) is 2.40. The number of nitrogens with zero attached hydrogens (tertiary/aromatic N) is 3. The number of rotatable bonds is 5. The van der Waals surface area contributed by atoms with Gasteiger partial charge >= 0.3 is 0 Å². The molecule has 0 aliphatic carbocycles. The van der Waals surface area contributed by atoms with E-state index in [4.69, 9.17) is 4.74 Å². The van der Waals surface area contributed by atoms with Crippen LogP contribution in [0.4, 0.5) is 11.6 Å². The van der Waals surface area contributed by atoms with Crippen LogP contribution in [0.15, 0.2) is 12.4 Å². The molecule has 0 saturated carbocycles. The van der Waals surface area contributed by atoms with Crippen LogP contribution < -0.4 is 10.2 Å². The number of hydrogen-bond acceptors (Lipinski definition) is 6. The van der Waals surface area contributed by atoms with Crippen molar-refractivity contribution in [1.82, 2.24) is 9.97 Å². The Morgan fingerprint density at radius 2 is 2.16 bits per heavy atom. The van der Waals surface area contributed by atoms with Gasteiger partial charge in [0, 0.05) is 46.2 Å². The number of hydrogen-bond donors (Lipinski definition) is 2. The Hall–Kier alpha value is -1.40. The minimum Gasteiger partial charge on any atom is -0.388 e. The molecule has 106 valence electrons. The Morgan fingerprint density at radius 1 is 1.42 bits per heavy atom. The molecule has 0 unspecified atom stereocenters. The molecule has 1 aromatic rings. The van der Waals surface area contributed by atoms with E-state index in [-0.39, 0.29) is 0 Å². The molecule has 0 amide bonds. The Bertz CT molecular complexity index is 407. The predicted octanol–water partition coefficient (Wildman–Crippen LogP) is 0.886. The fraction of sp³-hybridized carbons (Fsp3) is 0.692. The van der Waals surface area contributed by atoms with E-state index in [2.05, 4.69) is 15.3 Å². The smallest absolute Gasteiger partial charge is 0.149 e. The first-order valence-corrected chi connectivity index (χ1v) is 6.70. The predicted molar refractivity (Wildman–Crippen MR) is 74.5 cm³/mol. The van der Waals surface area contributed by atoms with Crippen molar-refractivity contribution < 1.29 is 9.84 Å². The second-order valence-electron chi connectivity index (χ2n) is 4.99.